The Morgan fingerprint density at radius 1 is 0.850 bits per heavy atom. The van der Waals surface area contributed by atoms with E-state index in [2.05, 4.69) is 12.2 Å². The molecule has 0 fully saturated rings. The van der Waals surface area contributed by atoms with Crippen molar-refractivity contribution in [3.63, 3.8) is 0 Å². The first-order chi connectivity index (χ1) is 9.74. The standard InChI is InChI=1S/C17H27NO2/c1-2-3-4-5-6-7-8-9-10-13-18-16-14-15(19)11-12-17(16)20/h11-12,14,18H,2-10,13H2,1H3. The van der Waals surface area contributed by atoms with Crippen LogP contribution in [0.5, 0.6) is 0 Å². The van der Waals surface area contributed by atoms with Crippen LogP contribution in [-0.4, -0.2) is 18.1 Å². The molecular weight excluding hydrogens is 250 g/mol. The van der Waals surface area contributed by atoms with Gasteiger partial charge in [-0.25, -0.2) is 0 Å². The lowest BCUT2D eigenvalue weighted by molar-refractivity contribution is -0.114. The fourth-order valence-corrected chi connectivity index (χ4v) is 2.31. The highest BCUT2D eigenvalue weighted by atomic mass is 16.1. The van der Waals surface area contributed by atoms with Gasteiger partial charge in [0.25, 0.3) is 0 Å². The van der Waals surface area contributed by atoms with Gasteiger partial charge in [-0.05, 0) is 18.6 Å². The van der Waals surface area contributed by atoms with Crippen LogP contribution in [0, 0.1) is 0 Å². The summed E-state index contributed by atoms with van der Waals surface area (Å²) >= 11 is 0. The first kappa shape index (κ1) is 16.7. The Balaban J connectivity index is 1.95. The van der Waals surface area contributed by atoms with Crippen molar-refractivity contribution in [2.45, 2.75) is 64.7 Å². The van der Waals surface area contributed by atoms with Crippen molar-refractivity contribution >= 4 is 11.6 Å². The van der Waals surface area contributed by atoms with Crippen LogP contribution in [0.3, 0.4) is 0 Å². The third-order valence-corrected chi connectivity index (χ3v) is 3.55. The van der Waals surface area contributed by atoms with Gasteiger partial charge in [-0.15, -0.1) is 0 Å². The predicted molar refractivity (Wildman–Crippen MR) is 82.5 cm³/mol. The summed E-state index contributed by atoms with van der Waals surface area (Å²) in [6.45, 7) is 3.01. The third kappa shape index (κ3) is 7.27. The van der Waals surface area contributed by atoms with Gasteiger partial charge in [0.2, 0.25) is 5.78 Å². The van der Waals surface area contributed by atoms with Crippen LogP contribution in [-0.2, 0) is 9.59 Å². The van der Waals surface area contributed by atoms with E-state index in [4.69, 9.17) is 0 Å². The molecular formula is C17H27NO2. The molecule has 112 valence electrons. The van der Waals surface area contributed by atoms with Crippen molar-refractivity contribution in [2.75, 3.05) is 6.54 Å². The van der Waals surface area contributed by atoms with Crippen molar-refractivity contribution in [1.29, 1.82) is 0 Å². The van der Waals surface area contributed by atoms with E-state index < -0.39 is 0 Å². The van der Waals surface area contributed by atoms with Gasteiger partial charge < -0.3 is 5.32 Å². The molecule has 0 saturated carbocycles. The molecule has 1 N–H and O–H groups in total. The highest BCUT2D eigenvalue weighted by molar-refractivity contribution is 6.16. The zero-order chi connectivity index (χ0) is 14.6. The molecule has 0 amide bonds. The minimum Gasteiger partial charge on any atom is -0.382 e. The number of nitrogens with one attached hydrogen (secondary N) is 1. The maximum atomic E-state index is 11.5. The van der Waals surface area contributed by atoms with Crippen LogP contribution < -0.4 is 5.32 Å². The summed E-state index contributed by atoms with van der Waals surface area (Å²) in [4.78, 5) is 22.6. The fourth-order valence-electron chi connectivity index (χ4n) is 2.31. The Bertz CT molecular complexity index is 369. The molecule has 20 heavy (non-hydrogen) atoms. The molecule has 1 aliphatic carbocycles. The van der Waals surface area contributed by atoms with E-state index in [1.165, 1.54) is 69.6 Å². The van der Waals surface area contributed by atoms with E-state index in [9.17, 15) is 9.59 Å². The van der Waals surface area contributed by atoms with Crippen molar-refractivity contribution in [1.82, 2.24) is 5.32 Å². The van der Waals surface area contributed by atoms with Crippen LogP contribution in [0.15, 0.2) is 23.9 Å². The topological polar surface area (TPSA) is 46.2 Å². The molecule has 0 unspecified atom stereocenters. The van der Waals surface area contributed by atoms with Gasteiger partial charge in [0.15, 0.2) is 5.78 Å². The Morgan fingerprint density at radius 3 is 2.10 bits per heavy atom. The van der Waals surface area contributed by atoms with E-state index in [1.54, 1.807) is 0 Å². The second kappa shape index (κ2) is 10.4. The molecule has 3 nitrogen and oxygen atoms in total. The molecule has 0 aromatic carbocycles. The first-order valence-electron chi connectivity index (χ1n) is 7.96. The van der Waals surface area contributed by atoms with Crippen LogP contribution >= 0.6 is 0 Å². The molecule has 0 bridgehead atoms. The molecule has 0 aliphatic heterocycles. The van der Waals surface area contributed by atoms with Gasteiger partial charge in [-0.2, -0.15) is 0 Å². The minimum absolute atomic E-state index is 0.0967. The molecule has 0 aromatic rings. The summed E-state index contributed by atoms with van der Waals surface area (Å²) in [5.74, 6) is -0.209. The van der Waals surface area contributed by atoms with Crippen molar-refractivity contribution in [2.24, 2.45) is 0 Å². The number of carbonyl (C=O) groups excluding carboxylic acids is 2. The smallest absolute Gasteiger partial charge is 0.201 e. The van der Waals surface area contributed by atoms with E-state index >= 15 is 0 Å². The molecule has 1 aliphatic rings. The van der Waals surface area contributed by atoms with E-state index in [1.807, 2.05) is 0 Å². The molecule has 0 spiro atoms. The summed E-state index contributed by atoms with van der Waals surface area (Å²) < 4.78 is 0. The number of allylic oxidation sites excluding steroid dienone is 3. The Hall–Kier alpha value is -1.38. The second-order valence-corrected chi connectivity index (χ2v) is 5.41. The lowest BCUT2D eigenvalue weighted by atomic mass is 10.1. The Kier molecular flexibility index (Phi) is 8.68. The predicted octanol–water partition coefficient (Wildman–Crippen LogP) is 3.70. The van der Waals surface area contributed by atoms with Crippen molar-refractivity contribution in [3.05, 3.63) is 23.9 Å². The van der Waals surface area contributed by atoms with Gasteiger partial charge in [0.05, 0.1) is 5.70 Å². The molecule has 3 heteroatoms. The SMILES string of the molecule is CCCCCCCCCCCNC1=CC(=O)C=CC1=O. The number of rotatable bonds is 11. The minimum atomic E-state index is -0.112. The molecule has 0 radical (unpaired) electrons. The van der Waals surface area contributed by atoms with Crippen LogP contribution in [0.25, 0.3) is 0 Å². The van der Waals surface area contributed by atoms with Crippen molar-refractivity contribution < 1.29 is 9.59 Å². The Labute approximate surface area is 122 Å². The summed E-state index contributed by atoms with van der Waals surface area (Å²) in [7, 11) is 0. The van der Waals surface area contributed by atoms with E-state index in [0.29, 0.717) is 5.70 Å². The number of hydrogen-bond donors (Lipinski definition) is 1. The lowest BCUT2D eigenvalue weighted by Gasteiger charge is -2.09. The summed E-state index contributed by atoms with van der Waals surface area (Å²) in [6, 6.07) is 0. The third-order valence-electron chi connectivity index (χ3n) is 3.55. The first-order valence-corrected chi connectivity index (χ1v) is 7.96. The monoisotopic (exact) mass is 277 g/mol. The average molecular weight is 277 g/mol. The zero-order valence-electron chi connectivity index (χ0n) is 12.6. The van der Waals surface area contributed by atoms with Gasteiger partial charge >= 0.3 is 0 Å². The average Bonchev–Trinajstić information content (AvgIpc) is 2.44. The van der Waals surface area contributed by atoms with Gasteiger partial charge in [0.1, 0.15) is 0 Å². The lowest BCUT2D eigenvalue weighted by Crippen LogP contribution is -2.23. The molecule has 0 heterocycles. The molecule has 0 saturated heterocycles. The number of carbonyl (C=O) groups is 2. The second-order valence-electron chi connectivity index (χ2n) is 5.41. The molecule has 0 atom stereocenters. The van der Waals surface area contributed by atoms with Crippen molar-refractivity contribution in [3.8, 4) is 0 Å². The number of ketones is 2. The number of unbranched alkanes of at least 4 members (excludes halogenated alkanes) is 8. The largest absolute Gasteiger partial charge is 0.382 e. The van der Waals surface area contributed by atoms with Crippen LogP contribution in [0.4, 0.5) is 0 Å². The van der Waals surface area contributed by atoms with Gasteiger partial charge in [0, 0.05) is 12.6 Å². The highest BCUT2D eigenvalue weighted by Crippen LogP contribution is 2.09. The maximum Gasteiger partial charge on any atom is 0.201 e. The summed E-state index contributed by atoms with van der Waals surface area (Å²) in [5, 5.41) is 3.06. The number of hydrogen-bond acceptors (Lipinski definition) is 3. The zero-order valence-corrected chi connectivity index (χ0v) is 12.6. The van der Waals surface area contributed by atoms with E-state index in [0.717, 1.165) is 13.0 Å². The maximum absolute atomic E-state index is 11.5. The quantitative estimate of drug-likeness (QED) is 0.462. The summed E-state index contributed by atoms with van der Waals surface area (Å²) in [6.07, 6.45) is 15.6. The van der Waals surface area contributed by atoms with Gasteiger partial charge in [-0.1, -0.05) is 58.3 Å². The molecule has 1 rings (SSSR count). The van der Waals surface area contributed by atoms with Gasteiger partial charge in [-0.3, -0.25) is 9.59 Å². The summed E-state index contributed by atoms with van der Waals surface area (Å²) in [5.41, 5.74) is 0.442. The van der Waals surface area contributed by atoms with Crippen LogP contribution in [0.2, 0.25) is 0 Å². The normalized spacial score (nSPS) is 14.6. The highest BCUT2D eigenvalue weighted by Gasteiger charge is 2.11. The molecule has 0 aromatic heterocycles. The fraction of sp³-hybridized carbons (Fsp3) is 0.647. The van der Waals surface area contributed by atoms with E-state index in [-0.39, 0.29) is 11.6 Å². The Morgan fingerprint density at radius 2 is 1.45 bits per heavy atom. The van der Waals surface area contributed by atoms with Crippen LogP contribution in [0.1, 0.15) is 64.7 Å².